The van der Waals surface area contributed by atoms with Crippen LogP contribution in [0.5, 0.6) is 5.75 Å². The van der Waals surface area contributed by atoms with Crippen LogP contribution < -0.4 is 9.64 Å². The number of carbonyl (C=O) groups is 1. The molecule has 1 aliphatic rings. The van der Waals surface area contributed by atoms with E-state index in [-0.39, 0.29) is 5.91 Å². The van der Waals surface area contributed by atoms with Crippen LogP contribution in [0.3, 0.4) is 0 Å². The molecule has 0 aliphatic carbocycles. The number of carbonyl (C=O) groups excluding carboxylic acids is 1. The highest BCUT2D eigenvalue weighted by Gasteiger charge is 2.33. The molecule has 3 nitrogen and oxygen atoms in total. The van der Waals surface area contributed by atoms with Crippen LogP contribution in [0.25, 0.3) is 6.08 Å². The SMILES string of the molecule is CCOc1ccc(N2C(=O)C(=Cc3ccc(C(F)(F)F)cc3)SC2=S)cc1. The van der Waals surface area contributed by atoms with Crippen LogP contribution in [0.1, 0.15) is 18.1 Å². The molecule has 0 bridgehead atoms. The highest BCUT2D eigenvalue weighted by Crippen LogP contribution is 2.37. The standard InChI is InChI=1S/C19H14F3NO2S2/c1-2-25-15-9-7-14(8-10-15)23-17(24)16(27-18(23)26)11-12-3-5-13(6-4-12)19(20,21)22/h3-11H,2H2,1H3. The molecule has 0 unspecified atom stereocenters. The fourth-order valence-corrected chi connectivity index (χ4v) is 3.77. The summed E-state index contributed by atoms with van der Waals surface area (Å²) in [6, 6.07) is 11.6. The van der Waals surface area contributed by atoms with Gasteiger partial charge in [-0.2, -0.15) is 13.2 Å². The number of thioether (sulfide) groups is 1. The molecular weight excluding hydrogens is 395 g/mol. The number of rotatable bonds is 4. The minimum absolute atomic E-state index is 0.311. The Kier molecular flexibility index (Phi) is 5.57. The number of benzene rings is 2. The van der Waals surface area contributed by atoms with Crippen LogP contribution in [0.15, 0.2) is 53.4 Å². The number of nitrogens with zero attached hydrogens (tertiary/aromatic N) is 1. The Labute approximate surface area is 163 Å². The van der Waals surface area contributed by atoms with Crippen LogP contribution in [-0.2, 0) is 11.0 Å². The van der Waals surface area contributed by atoms with Gasteiger partial charge in [0.25, 0.3) is 5.91 Å². The van der Waals surface area contributed by atoms with Gasteiger partial charge in [-0.3, -0.25) is 9.69 Å². The van der Waals surface area contributed by atoms with Crippen molar-refractivity contribution < 1.29 is 22.7 Å². The Morgan fingerprint density at radius 3 is 2.30 bits per heavy atom. The summed E-state index contributed by atoms with van der Waals surface area (Å²) in [4.78, 5) is 14.4. The minimum atomic E-state index is -4.39. The average molecular weight is 409 g/mol. The number of anilines is 1. The van der Waals surface area contributed by atoms with Crippen LogP contribution >= 0.6 is 24.0 Å². The summed E-state index contributed by atoms with van der Waals surface area (Å²) in [5.74, 6) is 0.376. The third-order valence-electron chi connectivity index (χ3n) is 3.74. The zero-order valence-corrected chi connectivity index (χ0v) is 15.8. The summed E-state index contributed by atoms with van der Waals surface area (Å²) in [7, 11) is 0. The second-order valence-electron chi connectivity index (χ2n) is 5.56. The summed E-state index contributed by atoms with van der Waals surface area (Å²) in [5, 5.41) is 0. The average Bonchev–Trinajstić information content (AvgIpc) is 2.89. The molecule has 1 fully saturated rings. The molecule has 8 heteroatoms. The van der Waals surface area contributed by atoms with E-state index in [2.05, 4.69) is 0 Å². The number of thiocarbonyl (C=S) groups is 1. The zero-order valence-electron chi connectivity index (χ0n) is 14.1. The molecule has 2 aromatic carbocycles. The molecule has 140 valence electrons. The molecule has 1 heterocycles. The van der Waals surface area contributed by atoms with Crippen molar-refractivity contribution in [3.63, 3.8) is 0 Å². The van der Waals surface area contributed by atoms with Crippen molar-refractivity contribution in [2.75, 3.05) is 11.5 Å². The van der Waals surface area contributed by atoms with Gasteiger partial charge < -0.3 is 4.74 Å². The predicted molar refractivity (Wildman–Crippen MR) is 105 cm³/mol. The van der Waals surface area contributed by atoms with Crippen molar-refractivity contribution in [2.24, 2.45) is 0 Å². The van der Waals surface area contributed by atoms with Crippen molar-refractivity contribution >= 4 is 46.0 Å². The Bertz CT molecular complexity index is 891. The van der Waals surface area contributed by atoms with Gasteiger partial charge in [0.2, 0.25) is 0 Å². The topological polar surface area (TPSA) is 29.5 Å². The van der Waals surface area contributed by atoms with Crippen LogP contribution in [0, 0.1) is 0 Å². The number of alkyl halides is 3. The van der Waals surface area contributed by atoms with E-state index in [1.165, 1.54) is 23.1 Å². The number of hydrogen-bond acceptors (Lipinski definition) is 4. The van der Waals surface area contributed by atoms with Crippen molar-refractivity contribution in [3.05, 3.63) is 64.6 Å². The van der Waals surface area contributed by atoms with Gasteiger partial charge in [-0.25, -0.2) is 0 Å². The van der Waals surface area contributed by atoms with Gasteiger partial charge in [-0.15, -0.1) is 0 Å². The van der Waals surface area contributed by atoms with Crippen molar-refractivity contribution in [1.29, 1.82) is 0 Å². The molecule has 0 spiro atoms. The van der Waals surface area contributed by atoms with E-state index in [1.54, 1.807) is 24.3 Å². The molecule has 0 atom stereocenters. The van der Waals surface area contributed by atoms with Gasteiger partial charge in [-0.05, 0) is 55.0 Å². The second-order valence-corrected chi connectivity index (χ2v) is 7.24. The molecule has 2 aromatic rings. The summed E-state index contributed by atoms with van der Waals surface area (Å²) in [6.07, 6.45) is -2.86. The molecule has 3 rings (SSSR count). The molecule has 1 saturated heterocycles. The van der Waals surface area contributed by atoms with Crippen LogP contribution in [0.4, 0.5) is 18.9 Å². The van der Waals surface area contributed by atoms with Crippen LogP contribution in [-0.4, -0.2) is 16.8 Å². The van der Waals surface area contributed by atoms with Gasteiger partial charge in [0.1, 0.15) is 5.75 Å². The molecule has 0 radical (unpaired) electrons. The zero-order chi connectivity index (χ0) is 19.6. The maximum atomic E-state index is 12.7. The molecule has 27 heavy (non-hydrogen) atoms. The van der Waals surface area contributed by atoms with E-state index >= 15 is 0 Å². The lowest BCUT2D eigenvalue weighted by atomic mass is 10.1. The quantitative estimate of drug-likeness (QED) is 0.492. The summed E-state index contributed by atoms with van der Waals surface area (Å²) in [6.45, 7) is 2.41. The molecule has 1 aliphatic heterocycles. The molecule has 1 amide bonds. The Balaban J connectivity index is 1.82. The minimum Gasteiger partial charge on any atom is -0.494 e. The fourth-order valence-electron chi connectivity index (χ4n) is 2.47. The maximum Gasteiger partial charge on any atom is 0.416 e. The number of amides is 1. The Morgan fingerprint density at radius 2 is 1.74 bits per heavy atom. The highest BCUT2D eigenvalue weighted by molar-refractivity contribution is 8.27. The Morgan fingerprint density at radius 1 is 1.11 bits per heavy atom. The number of hydrogen-bond donors (Lipinski definition) is 0. The van der Waals surface area contributed by atoms with Gasteiger partial charge in [0.15, 0.2) is 4.32 Å². The van der Waals surface area contributed by atoms with Crippen molar-refractivity contribution in [1.82, 2.24) is 0 Å². The van der Waals surface area contributed by atoms with E-state index in [0.717, 1.165) is 23.9 Å². The monoisotopic (exact) mass is 409 g/mol. The first kappa shape index (κ1) is 19.4. The van der Waals surface area contributed by atoms with Gasteiger partial charge in [0.05, 0.1) is 22.8 Å². The van der Waals surface area contributed by atoms with E-state index < -0.39 is 11.7 Å². The van der Waals surface area contributed by atoms with Crippen molar-refractivity contribution in [2.45, 2.75) is 13.1 Å². The van der Waals surface area contributed by atoms with Gasteiger partial charge >= 0.3 is 6.18 Å². The maximum absolute atomic E-state index is 12.7. The number of halogens is 3. The first-order valence-corrected chi connectivity index (χ1v) is 9.20. The summed E-state index contributed by atoms with van der Waals surface area (Å²) in [5.41, 5.74) is 0.369. The molecule has 0 N–H and O–H groups in total. The van der Waals surface area contributed by atoms with E-state index in [4.69, 9.17) is 17.0 Å². The molecule has 0 aromatic heterocycles. The van der Waals surface area contributed by atoms with Crippen LogP contribution in [0.2, 0.25) is 0 Å². The molecular formula is C19H14F3NO2S2. The molecule has 0 saturated carbocycles. The third-order valence-corrected chi connectivity index (χ3v) is 5.04. The normalized spacial score (nSPS) is 16.3. The number of ether oxygens (including phenoxy) is 1. The smallest absolute Gasteiger partial charge is 0.416 e. The lowest BCUT2D eigenvalue weighted by Crippen LogP contribution is -2.27. The summed E-state index contributed by atoms with van der Waals surface area (Å²) >= 11 is 6.40. The van der Waals surface area contributed by atoms with Gasteiger partial charge in [0, 0.05) is 0 Å². The Hall–Kier alpha value is -2.32. The van der Waals surface area contributed by atoms with E-state index in [0.29, 0.717) is 32.8 Å². The van der Waals surface area contributed by atoms with Crippen molar-refractivity contribution in [3.8, 4) is 5.75 Å². The fraction of sp³-hybridized carbons (Fsp3) is 0.158. The largest absolute Gasteiger partial charge is 0.494 e. The highest BCUT2D eigenvalue weighted by atomic mass is 32.2. The first-order valence-electron chi connectivity index (χ1n) is 7.97. The predicted octanol–water partition coefficient (Wildman–Crippen LogP) is 5.51. The summed E-state index contributed by atoms with van der Waals surface area (Å²) < 4.78 is 43.7. The lowest BCUT2D eigenvalue weighted by molar-refractivity contribution is -0.137. The van der Waals surface area contributed by atoms with Gasteiger partial charge in [-0.1, -0.05) is 36.1 Å². The lowest BCUT2D eigenvalue weighted by Gasteiger charge is -2.15. The second kappa shape index (κ2) is 7.74. The third kappa shape index (κ3) is 4.33. The van der Waals surface area contributed by atoms with E-state index in [1.807, 2.05) is 6.92 Å². The first-order chi connectivity index (χ1) is 12.8. The van der Waals surface area contributed by atoms with E-state index in [9.17, 15) is 18.0 Å².